The largest absolute Gasteiger partial charge is 0.289 e. The first-order valence-corrected chi connectivity index (χ1v) is 6.99. The SMILES string of the molecule is CCCCCC/C=C/C(=O)c1ccc(Br)cc1. The van der Waals surface area contributed by atoms with Gasteiger partial charge in [0.25, 0.3) is 0 Å². The van der Waals surface area contributed by atoms with E-state index in [0.29, 0.717) is 0 Å². The van der Waals surface area contributed by atoms with Gasteiger partial charge in [0.2, 0.25) is 0 Å². The van der Waals surface area contributed by atoms with E-state index in [-0.39, 0.29) is 5.78 Å². The minimum absolute atomic E-state index is 0.0907. The molecule has 0 saturated heterocycles. The normalized spacial score (nSPS) is 10.9. The van der Waals surface area contributed by atoms with Crippen LogP contribution in [0.2, 0.25) is 0 Å². The minimum Gasteiger partial charge on any atom is -0.289 e. The Kier molecular flexibility index (Phi) is 6.87. The zero-order valence-corrected chi connectivity index (χ0v) is 11.9. The second kappa shape index (κ2) is 8.24. The molecule has 0 fully saturated rings. The van der Waals surface area contributed by atoms with Gasteiger partial charge in [0.15, 0.2) is 5.78 Å². The number of ketones is 1. The number of carbonyl (C=O) groups excluding carboxylic acids is 1. The molecule has 0 saturated carbocycles. The van der Waals surface area contributed by atoms with Crippen LogP contribution in [0, 0.1) is 0 Å². The Morgan fingerprint density at radius 1 is 1.18 bits per heavy atom. The summed E-state index contributed by atoms with van der Waals surface area (Å²) in [6, 6.07) is 7.46. The summed E-state index contributed by atoms with van der Waals surface area (Å²) in [5, 5.41) is 0. The molecule has 2 heteroatoms. The molecule has 0 heterocycles. The second-order valence-corrected chi connectivity index (χ2v) is 5.04. The van der Waals surface area contributed by atoms with Gasteiger partial charge in [-0.15, -0.1) is 0 Å². The van der Waals surface area contributed by atoms with Crippen molar-refractivity contribution in [2.45, 2.75) is 39.0 Å². The van der Waals surface area contributed by atoms with Gasteiger partial charge in [-0.25, -0.2) is 0 Å². The quantitative estimate of drug-likeness (QED) is 0.386. The molecule has 0 radical (unpaired) electrons. The topological polar surface area (TPSA) is 17.1 Å². The molecule has 0 aliphatic heterocycles. The fraction of sp³-hybridized carbons (Fsp3) is 0.400. The molecule has 1 nitrogen and oxygen atoms in total. The first kappa shape index (κ1) is 14.2. The molecule has 0 aliphatic rings. The summed E-state index contributed by atoms with van der Waals surface area (Å²) in [5.74, 6) is 0.0907. The van der Waals surface area contributed by atoms with Crippen molar-refractivity contribution in [2.24, 2.45) is 0 Å². The van der Waals surface area contributed by atoms with E-state index in [0.717, 1.165) is 16.5 Å². The van der Waals surface area contributed by atoms with E-state index in [1.807, 2.05) is 30.3 Å². The van der Waals surface area contributed by atoms with Gasteiger partial charge in [0.05, 0.1) is 0 Å². The molecule has 0 aliphatic carbocycles. The maximum atomic E-state index is 11.7. The van der Waals surface area contributed by atoms with Gasteiger partial charge in [-0.3, -0.25) is 4.79 Å². The predicted octanol–water partition coefficient (Wildman–Crippen LogP) is 5.16. The highest BCUT2D eigenvalue weighted by molar-refractivity contribution is 9.10. The van der Waals surface area contributed by atoms with Gasteiger partial charge < -0.3 is 0 Å². The Hall–Kier alpha value is -0.890. The van der Waals surface area contributed by atoms with Crippen molar-refractivity contribution in [2.75, 3.05) is 0 Å². The highest BCUT2D eigenvalue weighted by Crippen LogP contribution is 2.11. The summed E-state index contributed by atoms with van der Waals surface area (Å²) in [4.78, 5) is 11.7. The first-order valence-electron chi connectivity index (χ1n) is 6.20. The molecule has 1 aromatic carbocycles. The molecule has 0 unspecified atom stereocenters. The summed E-state index contributed by atoms with van der Waals surface area (Å²) in [7, 11) is 0. The minimum atomic E-state index is 0.0907. The Balaban J connectivity index is 2.33. The van der Waals surface area contributed by atoms with Gasteiger partial charge in [-0.1, -0.05) is 48.2 Å². The molecule has 92 valence electrons. The Labute approximate surface area is 112 Å². The number of carbonyl (C=O) groups is 1. The fourth-order valence-electron chi connectivity index (χ4n) is 1.59. The van der Waals surface area contributed by atoms with Crippen molar-refractivity contribution in [3.05, 3.63) is 46.5 Å². The zero-order chi connectivity index (χ0) is 12.5. The molecular formula is C15H19BrO. The van der Waals surface area contributed by atoms with Crippen LogP contribution in [-0.2, 0) is 0 Å². The molecule has 1 aromatic rings. The van der Waals surface area contributed by atoms with Crippen LogP contribution in [0.5, 0.6) is 0 Å². The fourth-order valence-corrected chi connectivity index (χ4v) is 1.85. The van der Waals surface area contributed by atoms with E-state index >= 15 is 0 Å². The molecule has 0 aromatic heterocycles. The Morgan fingerprint density at radius 3 is 2.53 bits per heavy atom. The summed E-state index contributed by atoms with van der Waals surface area (Å²) >= 11 is 3.35. The molecule has 17 heavy (non-hydrogen) atoms. The number of halogens is 1. The first-order chi connectivity index (χ1) is 8.24. The second-order valence-electron chi connectivity index (χ2n) is 4.12. The third kappa shape index (κ3) is 5.83. The number of unbranched alkanes of at least 4 members (excludes halogenated alkanes) is 4. The average Bonchev–Trinajstić information content (AvgIpc) is 2.34. The van der Waals surface area contributed by atoms with E-state index in [9.17, 15) is 4.79 Å². The number of benzene rings is 1. The number of hydrogen-bond donors (Lipinski definition) is 0. The molecule has 1 rings (SSSR count). The van der Waals surface area contributed by atoms with Crippen LogP contribution in [-0.4, -0.2) is 5.78 Å². The van der Waals surface area contributed by atoms with Crippen LogP contribution >= 0.6 is 15.9 Å². The summed E-state index contributed by atoms with van der Waals surface area (Å²) < 4.78 is 0.998. The standard InChI is InChI=1S/C15H19BrO/c1-2-3-4-5-6-7-8-15(17)13-9-11-14(16)12-10-13/h7-12H,2-6H2,1H3/b8-7+. The van der Waals surface area contributed by atoms with E-state index in [4.69, 9.17) is 0 Å². The number of allylic oxidation sites excluding steroid dienone is 2. The van der Waals surface area contributed by atoms with Crippen LogP contribution in [0.15, 0.2) is 40.9 Å². The third-order valence-corrected chi connectivity index (χ3v) is 3.15. The molecule has 0 amide bonds. The maximum absolute atomic E-state index is 11.7. The summed E-state index contributed by atoms with van der Waals surface area (Å²) in [6.45, 7) is 2.20. The van der Waals surface area contributed by atoms with E-state index in [1.54, 1.807) is 6.08 Å². The number of rotatable bonds is 7. The predicted molar refractivity (Wildman–Crippen MR) is 76.4 cm³/mol. The zero-order valence-electron chi connectivity index (χ0n) is 10.3. The lowest BCUT2D eigenvalue weighted by Crippen LogP contribution is -1.93. The molecule has 0 atom stereocenters. The monoisotopic (exact) mass is 294 g/mol. The molecular weight excluding hydrogens is 276 g/mol. The highest BCUT2D eigenvalue weighted by atomic mass is 79.9. The van der Waals surface area contributed by atoms with Gasteiger partial charge in [-0.05, 0) is 43.2 Å². The highest BCUT2D eigenvalue weighted by Gasteiger charge is 1.99. The van der Waals surface area contributed by atoms with Crippen molar-refractivity contribution in [3.8, 4) is 0 Å². The van der Waals surface area contributed by atoms with Crippen molar-refractivity contribution in [1.82, 2.24) is 0 Å². The van der Waals surface area contributed by atoms with Crippen LogP contribution in [0.3, 0.4) is 0 Å². The van der Waals surface area contributed by atoms with Gasteiger partial charge in [0, 0.05) is 10.0 Å². The Morgan fingerprint density at radius 2 is 1.88 bits per heavy atom. The van der Waals surface area contributed by atoms with E-state index < -0.39 is 0 Å². The van der Waals surface area contributed by atoms with Crippen LogP contribution < -0.4 is 0 Å². The lowest BCUT2D eigenvalue weighted by molar-refractivity contribution is 0.104. The van der Waals surface area contributed by atoms with Crippen LogP contribution in [0.1, 0.15) is 49.4 Å². The van der Waals surface area contributed by atoms with Gasteiger partial charge in [-0.2, -0.15) is 0 Å². The van der Waals surface area contributed by atoms with E-state index in [2.05, 4.69) is 22.9 Å². The van der Waals surface area contributed by atoms with Crippen LogP contribution in [0.25, 0.3) is 0 Å². The smallest absolute Gasteiger partial charge is 0.185 e. The molecule has 0 spiro atoms. The third-order valence-electron chi connectivity index (χ3n) is 2.62. The lowest BCUT2D eigenvalue weighted by Gasteiger charge is -1.96. The van der Waals surface area contributed by atoms with Gasteiger partial charge in [0.1, 0.15) is 0 Å². The Bertz CT molecular complexity index is 365. The van der Waals surface area contributed by atoms with Crippen LogP contribution in [0.4, 0.5) is 0 Å². The number of hydrogen-bond acceptors (Lipinski definition) is 1. The van der Waals surface area contributed by atoms with Crippen molar-refractivity contribution in [1.29, 1.82) is 0 Å². The van der Waals surface area contributed by atoms with Gasteiger partial charge >= 0.3 is 0 Å². The molecule has 0 N–H and O–H groups in total. The summed E-state index contributed by atoms with van der Waals surface area (Å²) in [5.41, 5.74) is 0.748. The van der Waals surface area contributed by atoms with Crippen molar-refractivity contribution in [3.63, 3.8) is 0 Å². The molecule has 0 bridgehead atoms. The maximum Gasteiger partial charge on any atom is 0.185 e. The average molecular weight is 295 g/mol. The summed E-state index contributed by atoms with van der Waals surface area (Å²) in [6.07, 6.45) is 9.65. The van der Waals surface area contributed by atoms with E-state index in [1.165, 1.54) is 25.7 Å². The lowest BCUT2D eigenvalue weighted by atomic mass is 10.1. The van der Waals surface area contributed by atoms with Crippen molar-refractivity contribution < 1.29 is 4.79 Å². The van der Waals surface area contributed by atoms with Crippen molar-refractivity contribution >= 4 is 21.7 Å².